The van der Waals surface area contributed by atoms with Gasteiger partial charge in [0.1, 0.15) is 5.75 Å². The second-order valence-electron chi connectivity index (χ2n) is 5.77. The molecular formula is C19H18N4O2S2. The maximum absolute atomic E-state index is 12.5. The molecule has 0 bridgehead atoms. The molecule has 4 aromatic rings. The van der Waals surface area contributed by atoms with Crippen molar-refractivity contribution in [2.75, 3.05) is 13.2 Å². The second-order valence-corrected chi connectivity index (χ2v) is 7.55. The number of fused-ring (bicyclic) bond motifs is 1. The van der Waals surface area contributed by atoms with Crippen LogP contribution in [0.4, 0.5) is 0 Å². The van der Waals surface area contributed by atoms with Crippen LogP contribution in [0.25, 0.3) is 15.7 Å². The Morgan fingerprint density at radius 2 is 2.11 bits per heavy atom. The number of carbonyl (C=O) groups excluding carboxylic acids is 1. The Labute approximate surface area is 164 Å². The van der Waals surface area contributed by atoms with E-state index in [2.05, 4.69) is 15.4 Å². The van der Waals surface area contributed by atoms with E-state index in [-0.39, 0.29) is 5.91 Å². The van der Waals surface area contributed by atoms with Crippen LogP contribution in [0.15, 0.2) is 47.2 Å². The Bertz CT molecular complexity index is 1050. The van der Waals surface area contributed by atoms with Crippen molar-refractivity contribution in [1.82, 2.24) is 19.9 Å². The van der Waals surface area contributed by atoms with Crippen LogP contribution < -0.4 is 10.1 Å². The molecule has 0 fully saturated rings. The Morgan fingerprint density at radius 1 is 1.22 bits per heavy atom. The number of thiazole rings is 1. The Balaban J connectivity index is 1.43. The average Bonchev–Trinajstić information content (AvgIpc) is 3.40. The monoisotopic (exact) mass is 398 g/mol. The predicted molar refractivity (Wildman–Crippen MR) is 108 cm³/mol. The number of ether oxygens (including phenoxy) is 1. The molecule has 1 aromatic carbocycles. The summed E-state index contributed by atoms with van der Waals surface area (Å²) in [4.78, 5) is 19.0. The Kier molecular flexibility index (Phi) is 5.17. The smallest absolute Gasteiger partial charge is 0.255 e. The van der Waals surface area contributed by atoms with Gasteiger partial charge in [-0.15, -0.1) is 27.8 Å². The standard InChI is InChI=1S/C19H18N4O2S2/c1-2-25-15-7-4-3-6-14(15)18(24)20-10-9-13-12-27-19-21-17(22-23(13)19)16-8-5-11-26-16/h3-8,11-12H,2,9-10H2,1H3,(H,20,24). The van der Waals surface area contributed by atoms with Crippen LogP contribution in [-0.2, 0) is 6.42 Å². The van der Waals surface area contributed by atoms with Gasteiger partial charge in [-0.1, -0.05) is 18.2 Å². The Hall–Kier alpha value is -2.71. The summed E-state index contributed by atoms with van der Waals surface area (Å²) in [5.74, 6) is 1.21. The number of aromatic nitrogens is 3. The zero-order chi connectivity index (χ0) is 18.6. The summed E-state index contributed by atoms with van der Waals surface area (Å²) in [5, 5.41) is 11.6. The minimum atomic E-state index is -0.136. The molecule has 1 N–H and O–H groups in total. The first-order chi connectivity index (χ1) is 13.3. The van der Waals surface area contributed by atoms with Gasteiger partial charge in [-0.25, -0.2) is 4.52 Å². The molecule has 4 rings (SSSR count). The summed E-state index contributed by atoms with van der Waals surface area (Å²) in [7, 11) is 0. The zero-order valence-corrected chi connectivity index (χ0v) is 16.3. The van der Waals surface area contributed by atoms with E-state index in [1.807, 2.05) is 52.5 Å². The average molecular weight is 399 g/mol. The number of para-hydroxylation sites is 1. The number of nitrogens with one attached hydrogen (secondary N) is 1. The quantitative estimate of drug-likeness (QED) is 0.513. The van der Waals surface area contributed by atoms with Gasteiger partial charge in [0.15, 0.2) is 5.82 Å². The van der Waals surface area contributed by atoms with Crippen molar-refractivity contribution in [2.45, 2.75) is 13.3 Å². The molecule has 0 atom stereocenters. The summed E-state index contributed by atoms with van der Waals surface area (Å²) in [6.07, 6.45) is 0.676. The van der Waals surface area contributed by atoms with Crippen molar-refractivity contribution < 1.29 is 9.53 Å². The molecule has 0 saturated carbocycles. The summed E-state index contributed by atoms with van der Waals surface area (Å²) in [6.45, 7) is 2.94. The van der Waals surface area contributed by atoms with Gasteiger partial charge in [-0.2, -0.15) is 4.98 Å². The summed E-state index contributed by atoms with van der Waals surface area (Å²) < 4.78 is 7.39. The van der Waals surface area contributed by atoms with Gasteiger partial charge in [-0.3, -0.25) is 4.79 Å². The molecule has 27 heavy (non-hydrogen) atoms. The van der Waals surface area contributed by atoms with Gasteiger partial charge in [-0.05, 0) is 30.5 Å². The molecule has 0 saturated heterocycles. The van der Waals surface area contributed by atoms with Gasteiger partial charge < -0.3 is 10.1 Å². The third-order valence-corrected chi connectivity index (χ3v) is 5.72. The molecule has 0 aliphatic rings. The third-order valence-electron chi connectivity index (χ3n) is 3.99. The fraction of sp³-hybridized carbons (Fsp3) is 0.211. The first kappa shape index (κ1) is 17.7. The summed E-state index contributed by atoms with van der Waals surface area (Å²) in [5.41, 5.74) is 1.58. The number of amides is 1. The highest BCUT2D eigenvalue weighted by Gasteiger charge is 2.14. The van der Waals surface area contributed by atoms with Crippen molar-refractivity contribution in [2.24, 2.45) is 0 Å². The molecule has 0 spiro atoms. The van der Waals surface area contributed by atoms with Crippen LogP contribution in [0, 0.1) is 0 Å². The van der Waals surface area contributed by atoms with Crippen molar-refractivity contribution in [3.05, 3.63) is 58.4 Å². The molecule has 0 aliphatic carbocycles. The molecule has 8 heteroatoms. The lowest BCUT2D eigenvalue weighted by atomic mass is 10.2. The van der Waals surface area contributed by atoms with Crippen LogP contribution in [0.2, 0.25) is 0 Å². The van der Waals surface area contributed by atoms with Gasteiger partial charge >= 0.3 is 0 Å². The van der Waals surface area contributed by atoms with Crippen molar-refractivity contribution in [3.8, 4) is 16.5 Å². The SMILES string of the molecule is CCOc1ccccc1C(=O)NCCc1csc2nc(-c3cccs3)nn12. The van der Waals surface area contributed by atoms with Crippen molar-refractivity contribution in [1.29, 1.82) is 0 Å². The number of nitrogens with zero attached hydrogens (tertiary/aromatic N) is 3. The van der Waals surface area contributed by atoms with Crippen LogP contribution in [0.1, 0.15) is 23.0 Å². The molecule has 138 valence electrons. The number of hydrogen-bond donors (Lipinski definition) is 1. The highest BCUT2D eigenvalue weighted by atomic mass is 32.1. The molecule has 3 heterocycles. The second kappa shape index (κ2) is 7.89. The van der Waals surface area contributed by atoms with E-state index in [0.717, 1.165) is 21.4 Å². The van der Waals surface area contributed by atoms with E-state index in [0.29, 0.717) is 30.9 Å². The van der Waals surface area contributed by atoms with Crippen LogP contribution in [0.3, 0.4) is 0 Å². The van der Waals surface area contributed by atoms with Crippen LogP contribution >= 0.6 is 22.7 Å². The minimum Gasteiger partial charge on any atom is -0.493 e. The van der Waals surface area contributed by atoms with E-state index < -0.39 is 0 Å². The van der Waals surface area contributed by atoms with E-state index in [1.165, 1.54) is 0 Å². The largest absolute Gasteiger partial charge is 0.493 e. The van der Waals surface area contributed by atoms with Crippen molar-refractivity contribution >= 4 is 33.5 Å². The lowest BCUT2D eigenvalue weighted by Crippen LogP contribution is -2.26. The number of rotatable bonds is 7. The molecular weight excluding hydrogens is 380 g/mol. The molecule has 3 aromatic heterocycles. The number of benzene rings is 1. The maximum atomic E-state index is 12.5. The van der Waals surface area contributed by atoms with Gasteiger partial charge in [0, 0.05) is 18.3 Å². The lowest BCUT2D eigenvalue weighted by Gasteiger charge is -2.10. The van der Waals surface area contributed by atoms with E-state index >= 15 is 0 Å². The first-order valence-corrected chi connectivity index (χ1v) is 10.4. The Morgan fingerprint density at radius 3 is 2.93 bits per heavy atom. The molecule has 6 nitrogen and oxygen atoms in total. The summed E-state index contributed by atoms with van der Waals surface area (Å²) >= 11 is 3.18. The highest BCUT2D eigenvalue weighted by molar-refractivity contribution is 7.15. The van der Waals surface area contributed by atoms with Gasteiger partial charge in [0.2, 0.25) is 4.96 Å². The zero-order valence-electron chi connectivity index (χ0n) is 14.7. The topological polar surface area (TPSA) is 68.5 Å². The fourth-order valence-corrected chi connectivity index (χ4v) is 4.25. The molecule has 0 radical (unpaired) electrons. The van der Waals surface area contributed by atoms with Crippen LogP contribution in [-0.4, -0.2) is 33.7 Å². The van der Waals surface area contributed by atoms with Gasteiger partial charge in [0.25, 0.3) is 5.91 Å². The molecule has 1 amide bonds. The maximum Gasteiger partial charge on any atom is 0.255 e. The van der Waals surface area contributed by atoms with Crippen LogP contribution in [0.5, 0.6) is 5.75 Å². The normalized spacial score (nSPS) is 11.0. The third kappa shape index (κ3) is 3.72. The number of carbonyl (C=O) groups is 1. The van der Waals surface area contributed by atoms with E-state index in [4.69, 9.17) is 4.74 Å². The fourth-order valence-electron chi connectivity index (χ4n) is 2.74. The van der Waals surface area contributed by atoms with Gasteiger partial charge in [0.05, 0.1) is 22.7 Å². The molecule has 0 aliphatic heterocycles. The predicted octanol–water partition coefficient (Wildman–Crippen LogP) is 3.89. The number of hydrogen-bond acceptors (Lipinski definition) is 6. The first-order valence-electron chi connectivity index (χ1n) is 8.63. The van der Waals surface area contributed by atoms with E-state index in [1.54, 1.807) is 28.7 Å². The minimum absolute atomic E-state index is 0.136. The van der Waals surface area contributed by atoms with E-state index in [9.17, 15) is 4.79 Å². The number of thiophene rings is 1. The van der Waals surface area contributed by atoms with Crippen molar-refractivity contribution in [3.63, 3.8) is 0 Å². The highest BCUT2D eigenvalue weighted by Crippen LogP contribution is 2.24. The summed E-state index contributed by atoms with van der Waals surface area (Å²) in [6, 6.07) is 11.3. The lowest BCUT2D eigenvalue weighted by molar-refractivity contribution is 0.0950. The molecule has 0 unspecified atom stereocenters.